The fraction of sp³-hybridized carbons (Fsp3) is 0.105. The van der Waals surface area contributed by atoms with Crippen LogP contribution >= 0.6 is 0 Å². The molecule has 0 saturated carbocycles. The van der Waals surface area contributed by atoms with Crippen LogP contribution < -0.4 is 10.1 Å². The summed E-state index contributed by atoms with van der Waals surface area (Å²) in [7, 11) is 3.41. The Balaban J connectivity index is 1.64. The minimum Gasteiger partial charge on any atom is -0.481 e. The second-order valence-corrected chi connectivity index (χ2v) is 5.92. The van der Waals surface area contributed by atoms with E-state index in [0.717, 1.165) is 22.2 Å². The number of fused-ring (bicyclic) bond motifs is 1. The van der Waals surface area contributed by atoms with Gasteiger partial charge in [0.25, 0.3) is 5.91 Å². The summed E-state index contributed by atoms with van der Waals surface area (Å²) in [5.74, 6) is 0.537. The molecule has 0 fully saturated rings. The lowest BCUT2D eigenvalue weighted by atomic mass is 10.1. The Kier molecular flexibility index (Phi) is 4.21. The lowest BCUT2D eigenvalue weighted by molar-refractivity contribution is 0.102. The highest BCUT2D eigenvalue weighted by molar-refractivity contribution is 6.04. The topological polar surface area (TPSA) is 94.8 Å². The monoisotopic (exact) mass is 360 g/mol. The van der Waals surface area contributed by atoms with Gasteiger partial charge in [0.1, 0.15) is 5.82 Å². The Labute approximate surface area is 154 Å². The molecule has 0 spiro atoms. The molecule has 134 valence electrons. The van der Waals surface area contributed by atoms with Crippen LogP contribution in [0.5, 0.6) is 5.88 Å². The number of nitrogens with one attached hydrogen (secondary N) is 1. The zero-order chi connectivity index (χ0) is 18.8. The maximum Gasteiger partial charge on any atom is 0.257 e. The van der Waals surface area contributed by atoms with Gasteiger partial charge in [-0.3, -0.25) is 9.78 Å². The maximum absolute atomic E-state index is 12.5. The van der Waals surface area contributed by atoms with Crippen molar-refractivity contribution < 1.29 is 9.53 Å². The van der Waals surface area contributed by atoms with Crippen LogP contribution in [0.4, 0.5) is 5.82 Å². The number of nitrogens with zero attached hydrogens (tertiary/aromatic N) is 5. The molecular weight excluding hydrogens is 344 g/mol. The van der Waals surface area contributed by atoms with E-state index >= 15 is 0 Å². The number of anilines is 1. The van der Waals surface area contributed by atoms with Gasteiger partial charge in [-0.05, 0) is 23.6 Å². The van der Waals surface area contributed by atoms with Crippen LogP contribution in [0.15, 0.2) is 55.4 Å². The molecule has 4 heterocycles. The van der Waals surface area contributed by atoms with Crippen LogP contribution in [-0.2, 0) is 7.05 Å². The number of carbonyl (C=O) groups is 1. The Hall–Kier alpha value is -3.81. The standard InChI is InChI=1S/C19H16N6O2/c1-25-11-20-10-16(25)15-5-13-6-17(23-9-14(13)8-22-15)24-19(26)12-3-4-21-18(7-12)27-2/h3-11H,1-2H3,(H,23,24,26). The number of hydrogen-bond acceptors (Lipinski definition) is 6. The third-order valence-electron chi connectivity index (χ3n) is 4.13. The lowest BCUT2D eigenvalue weighted by Crippen LogP contribution is -2.13. The van der Waals surface area contributed by atoms with Crippen LogP contribution in [-0.4, -0.2) is 37.5 Å². The molecule has 0 atom stereocenters. The van der Waals surface area contributed by atoms with Crippen LogP contribution in [0.3, 0.4) is 0 Å². The Morgan fingerprint density at radius 1 is 1.07 bits per heavy atom. The number of carbonyl (C=O) groups excluding carboxylic acids is 1. The van der Waals surface area contributed by atoms with Gasteiger partial charge in [0.2, 0.25) is 5.88 Å². The van der Waals surface area contributed by atoms with Crippen molar-refractivity contribution in [3.05, 3.63) is 60.9 Å². The molecule has 0 saturated heterocycles. The number of pyridine rings is 3. The van der Waals surface area contributed by atoms with E-state index < -0.39 is 0 Å². The summed E-state index contributed by atoms with van der Waals surface area (Å²) in [4.78, 5) is 29.3. The van der Waals surface area contributed by atoms with E-state index in [2.05, 4.69) is 25.3 Å². The first-order chi connectivity index (χ1) is 13.1. The summed E-state index contributed by atoms with van der Waals surface area (Å²) in [5, 5.41) is 4.59. The number of amides is 1. The molecule has 1 N–H and O–H groups in total. The Morgan fingerprint density at radius 2 is 1.93 bits per heavy atom. The van der Waals surface area contributed by atoms with Gasteiger partial charge in [-0.25, -0.2) is 15.0 Å². The molecule has 4 rings (SSSR count). The molecule has 1 amide bonds. The molecule has 4 aromatic heterocycles. The second kappa shape index (κ2) is 6.83. The van der Waals surface area contributed by atoms with E-state index in [1.165, 1.54) is 13.3 Å². The SMILES string of the molecule is COc1cc(C(=O)Nc2cc3cc(-c4cncn4C)ncc3cn2)ccn1. The van der Waals surface area contributed by atoms with Crippen molar-refractivity contribution in [1.82, 2.24) is 24.5 Å². The summed E-state index contributed by atoms with van der Waals surface area (Å²) in [5.41, 5.74) is 2.14. The van der Waals surface area contributed by atoms with Crippen LogP contribution in [0.2, 0.25) is 0 Å². The van der Waals surface area contributed by atoms with Crippen molar-refractivity contribution in [2.45, 2.75) is 0 Å². The van der Waals surface area contributed by atoms with E-state index in [0.29, 0.717) is 17.3 Å². The number of rotatable bonds is 4. The summed E-state index contributed by atoms with van der Waals surface area (Å²) in [6.45, 7) is 0. The summed E-state index contributed by atoms with van der Waals surface area (Å²) >= 11 is 0. The fourth-order valence-electron chi connectivity index (χ4n) is 2.70. The average Bonchev–Trinajstić information content (AvgIpc) is 3.13. The molecular formula is C19H16N6O2. The second-order valence-electron chi connectivity index (χ2n) is 5.92. The van der Waals surface area contributed by atoms with Crippen molar-refractivity contribution >= 4 is 22.5 Å². The molecule has 0 aromatic carbocycles. The van der Waals surface area contributed by atoms with E-state index in [-0.39, 0.29) is 5.91 Å². The van der Waals surface area contributed by atoms with Crippen LogP contribution in [0, 0.1) is 0 Å². The fourth-order valence-corrected chi connectivity index (χ4v) is 2.70. The largest absolute Gasteiger partial charge is 0.481 e. The van der Waals surface area contributed by atoms with E-state index in [4.69, 9.17) is 4.74 Å². The van der Waals surface area contributed by atoms with Gasteiger partial charge in [0, 0.05) is 42.7 Å². The van der Waals surface area contributed by atoms with Gasteiger partial charge in [0.15, 0.2) is 0 Å². The summed E-state index contributed by atoms with van der Waals surface area (Å²) in [6, 6.07) is 6.94. The highest BCUT2D eigenvalue weighted by atomic mass is 16.5. The lowest BCUT2D eigenvalue weighted by Gasteiger charge is -2.08. The van der Waals surface area contributed by atoms with Gasteiger partial charge in [-0.1, -0.05) is 0 Å². The van der Waals surface area contributed by atoms with E-state index in [1.54, 1.807) is 37.1 Å². The number of methoxy groups -OCH3 is 1. The molecule has 0 bridgehead atoms. The van der Waals surface area contributed by atoms with Gasteiger partial charge in [-0.15, -0.1) is 0 Å². The Bertz CT molecular complexity index is 1140. The van der Waals surface area contributed by atoms with Crippen molar-refractivity contribution in [2.24, 2.45) is 7.05 Å². The third kappa shape index (κ3) is 3.32. The molecule has 0 radical (unpaired) electrons. The van der Waals surface area contributed by atoms with E-state index in [1.807, 2.05) is 23.7 Å². The van der Waals surface area contributed by atoms with Crippen LogP contribution in [0.25, 0.3) is 22.2 Å². The van der Waals surface area contributed by atoms with Crippen molar-refractivity contribution in [3.63, 3.8) is 0 Å². The first-order valence-corrected chi connectivity index (χ1v) is 8.18. The maximum atomic E-state index is 12.5. The van der Waals surface area contributed by atoms with Gasteiger partial charge >= 0.3 is 0 Å². The minimum absolute atomic E-state index is 0.288. The predicted octanol–water partition coefficient (Wildman–Crippen LogP) is 2.69. The zero-order valence-electron chi connectivity index (χ0n) is 14.7. The number of ether oxygens (including phenoxy) is 1. The molecule has 8 heteroatoms. The number of aromatic nitrogens is 5. The number of imidazole rings is 1. The molecule has 27 heavy (non-hydrogen) atoms. The Morgan fingerprint density at radius 3 is 2.70 bits per heavy atom. The molecule has 8 nitrogen and oxygen atoms in total. The van der Waals surface area contributed by atoms with Gasteiger partial charge in [-0.2, -0.15) is 0 Å². The highest BCUT2D eigenvalue weighted by Gasteiger charge is 2.10. The first-order valence-electron chi connectivity index (χ1n) is 8.18. The van der Waals surface area contributed by atoms with Gasteiger partial charge < -0.3 is 14.6 Å². The molecule has 4 aromatic rings. The molecule has 0 aliphatic heterocycles. The normalized spacial score (nSPS) is 10.7. The average molecular weight is 360 g/mol. The van der Waals surface area contributed by atoms with Gasteiger partial charge in [0.05, 0.1) is 31.0 Å². The summed E-state index contributed by atoms with van der Waals surface area (Å²) < 4.78 is 6.95. The van der Waals surface area contributed by atoms with Crippen molar-refractivity contribution in [3.8, 4) is 17.3 Å². The van der Waals surface area contributed by atoms with E-state index in [9.17, 15) is 4.79 Å². The number of aryl methyl sites for hydroxylation is 1. The quantitative estimate of drug-likeness (QED) is 0.601. The predicted molar refractivity (Wildman–Crippen MR) is 100 cm³/mol. The molecule has 0 aliphatic rings. The molecule has 0 unspecified atom stereocenters. The third-order valence-corrected chi connectivity index (χ3v) is 4.13. The van der Waals surface area contributed by atoms with Crippen molar-refractivity contribution in [1.29, 1.82) is 0 Å². The van der Waals surface area contributed by atoms with Crippen molar-refractivity contribution in [2.75, 3.05) is 12.4 Å². The summed E-state index contributed by atoms with van der Waals surface area (Å²) in [6.07, 6.45) is 8.44. The zero-order valence-corrected chi connectivity index (χ0v) is 14.7. The van der Waals surface area contributed by atoms with Crippen LogP contribution in [0.1, 0.15) is 10.4 Å². The highest BCUT2D eigenvalue weighted by Crippen LogP contribution is 2.23. The molecule has 0 aliphatic carbocycles. The minimum atomic E-state index is -0.288. The number of hydrogen-bond donors (Lipinski definition) is 1. The smallest absolute Gasteiger partial charge is 0.257 e. The first kappa shape index (κ1) is 16.6.